The summed E-state index contributed by atoms with van der Waals surface area (Å²) in [5, 5.41) is 14.5. The highest BCUT2D eigenvalue weighted by Crippen LogP contribution is 2.39. The summed E-state index contributed by atoms with van der Waals surface area (Å²) < 4.78 is 7.63. The van der Waals surface area contributed by atoms with Crippen molar-refractivity contribution in [3.05, 3.63) is 52.5 Å². The predicted octanol–water partition coefficient (Wildman–Crippen LogP) is 1.87. The SMILES string of the molecule is C=NC(Oc1ccccc1)(c1ncc([N+](=O)[O-])n1C)C1CCNC1. The quantitative estimate of drug-likeness (QED) is 0.496. The molecule has 2 unspecified atom stereocenters. The summed E-state index contributed by atoms with van der Waals surface area (Å²) >= 11 is 0. The number of imidazole rings is 1. The maximum atomic E-state index is 11.2. The highest BCUT2D eigenvalue weighted by atomic mass is 16.6. The molecule has 1 aliphatic heterocycles. The van der Waals surface area contributed by atoms with Gasteiger partial charge in [0.1, 0.15) is 11.9 Å². The first-order valence-corrected chi connectivity index (χ1v) is 7.67. The van der Waals surface area contributed by atoms with Crippen molar-refractivity contribution in [2.45, 2.75) is 12.1 Å². The van der Waals surface area contributed by atoms with E-state index in [4.69, 9.17) is 4.74 Å². The standard InChI is InChI=1S/C16H19N5O3/c1-17-16(12-8-9-18-10-12,24-13-6-4-3-5-7-13)15-19-11-14(20(15)2)21(22)23/h3-7,11-12,18H,1,8-10H2,2H3. The monoisotopic (exact) mass is 329 g/mol. The molecule has 1 aromatic heterocycles. The zero-order valence-electron chi connectivity index (χ0n) is 13.4. The Labute approximate surface area is 139 Å². The number of hydrogen-bond acceptors (Lipinski definition) is 6. The van der Waals surface area contributed by atoms with Crippen LogP contribution in [0.15, 0.2) is 41.5 Å². The van der Waals surface area contributed by atoms with E-state index in [1.54, 1.807) is 7.05 Å². The Balaban J connectivity index is 2.10. The van der Waals surface area contributed by atoms with E-state index in [-0.39, 0.29) is 11.7 Å². The molecular formula is C16H19N5O3. The topological polar surface area (TPSA) is 94.6 Å². The van der Waals surface area contributed by atoms with E-state index in [1.807, 2.05) is 30.3 Å². The molecule has 2 aromatic rings. The van der Waals surface area contributed by atoms with Crippen molar-refractivity contribution in [2.75, 3.05) is 13.1 Å². The average molecular weight is 329 g/mol. The Bertz CT molecular complexity index is 739. The van der Waals surface area contributed by atoms with Crippen LogP contribution in [0, 0.1) is 16.0 Å². The molecule has 0 bridgehead atoms. The Morgan fingerprint density at radius 3 is 2.79 bits per heavy atom. The Morgan fingerprint density at radius 1 is 1.50 bits per heavy atom. The number of rotatable bonds is 6. The summed E-state index contributed by atoms with van der Waals surface area (Å²) in [6.45, 7) is 5.22. The van der Waals surface area contributed by atoms with Crippen molar-refractivity contribution in [1.29, 1.82) is 0 Å². The number of benzene rings is 1. The van der Waals surface area contributed by atoms with Gasteiger partial charge in [0.25, 0.3) is 11.5 Å². The summed E-state index contributed by atoms with van der Waals surface area (Å²) in [7, 11) is 1.59. The molecule has 1 saturated heterocycles. The molecule has 1 N–H and O–H groups in total. The summed E-state index contributed by atoms with van der Waals surface area (Å²) in [5.41, 5.74) is -1.19. The van der Waals surface area contributed by atoms with Crippen molar-refractivity contribution in [3.63, 3.8) is 0 Å². The van der Waals surface area contributed by atoms with Crippen LogP contribution >= 0.6 is 0 Å². The van der Waals surface area contributed by atoms with E-state index >= 15 is 0 Å². The molecule has 2 atom stereocenters. The number of aliphatic imine (C=N–C) groups is 1. The van der Waals surface area contributed by atoms with E-state index in [2.05, 4.69) is 22.0 Å². The summed E-state index contributed by atoms with van der Waals surface area (Å²) in [5.74, 6) is 0.848. The number of hydrogen-bond donors (Lipinski definition) is 1. The second-order valence-corrected chi connectivity index (χ2v) is 5.72. The van der Waals surface area contributed by atoms with Gasteiger partial charge in [0.05, 0.1) is 7.05 Å². The molecule has 0 amide bonds. The van der Waals surface area contributed by atoms with Crippen molar-refractivity contribution < 1.29 is 9.66 Å². The second kappa shape index (κ2) is 6.40. The van der Waals surface area contributed by atoms with E-state index in [1.165, 1.54) is 10.8 Å². The molecule has 24 heavy (non-hydrogen) atoms. The van der Waals surface area contributed by atoms with Gasteiger partial charge in [-0.3, -0.25) is 0 Å². The summed E-state index contributed by atoms with van der Waals surface area (Å²) in [4.78, 5) is 19.2. The van der Waals surface area contributed by atoms with Gasteiger partial charge in [-0.05, 0) is 36.7 Å². The molecule has 1 fully saturated rings. The van der Waals surface area contributed by atoms with Gasteiger partial charge < -0.3 is 20.2 Å². The summed E-state index contributed by atoms with van der Waals surface area (Å²) in [6, 6.07) is 9.24. The number of nitro groups is 1. The minimum absolute atomic E-state index is 0.0316. The number of ether oxygens (including phenoxy) is 1. The van der Waals surface area contributed by atoms with Crippen LogP contribution in [0.2, 0.25) is 0 Å². The Hall–Kier alpha value is -2.74. The molecule has 1 aromatic carbocycles. The minimum Gasteiger partial charge on any atom is -0.456 e. The highest BCUT2D eigenvalue weighted by Gasteiger charge is 2.50. The Morgan fingerprint density at radius 2 is 2.25 bits per heavy atom. The average Bonchev–Trinajstić information content (AvgIpc) is 3.24. The first kappa shape index (κ1) is 16.1. The highest BCUT2D eigenvalue weighted by molar-refractivity contribution is 5.32. The first-order chi connectivity index (χ1) is 11.6. The molecule has 0 spiro atoms. The van der Waals surface area contributed by atoms with E-state index < -0.39 is 10.6 Å². The molecule has 0 aliphatic carbocycles. The summed E-state index contributed by atoms with van der Waals surface area (Å²) in [6.07, 6.45) is 2.04. The predicted molar refractivity (Wildman–Crippen MR) is 89.1 cm³/mol. The van der Waals surface area contributed by atoms with Crippen molar-refractivity contribution in [1.82, 2.24) is 14.9 Å². The molecular weight excluding hydrogens is 310 g/mol. The van der Waals surface area contributed by atoms with Crippen molar-refractivity contribution >= 4 is 12.5 Å². The van der Waals surface area contributed by atoms with Crippen LogP contribution in [0.25, 0.3) is 0 Å². The van der Waals surface area contributed by atoms with Gasteiger partial charge >= 0.3 is 5.82 Å². The van der Waals surface area contributed by atoms with Crippen LogP contribution in [-0.2, 0) is 12.8 Å². The van der Waals surface area contributed by atoms with Gasteiger partial charge in [-0.2, -0.15) is 0 Å². The smallest absolute Gasteiger partial charge is 0.342 e. The molecule has 1 aliphatic rings. The van der Waals surface area contributed by atoms with Gasteiger partial charge in [0.15, 0.2) is 0 Å². The Kier molecular flexibility index (Phi) is 4.30. The van der Waals surface area contributed by atoms with Gasteiger partial charge in [-0.1, -0.05) is 18.2 Å². The molecule has 2 heterocycles. The van der Waals surface area contributed by atoms with Crippen LogP contribution in [0.4, 0.5) is 5.82 Å². The van der Waals surface area contributed by atoms with Gasteiger partial charge in [0.2, 0.25) is 0 Å². The van der Waals surface area contributed by atoms with Crippen LogP contribution in [0.3, 0.4) is 0 Å². The normalized spacial score (nSPS) is 19.6. The van der Waals surface area contributed by atoms with Gasteiger partial charge in [-0.25, -0.2) is 14.5 Å². The zero-order chi connectivity index (χ0) is 17.2. The lowest BCUT2D eigenvalue weighted by Gasteiger charge is -2.32. The fraction of sp³-hybridized carbons (Fsp3) is 0.375. The second-order valence-electron chi connectivity index (χ2n) is 5.72. The molecule has 3 rings (SSSR count). The fourth-order valence-electron chi connectivity index (χ4n) is 3.10. The molecule has 8 heteroatoms. The number of nitrogens with one attached hydrogen (secondary N) is 1. The number of nitrogens with zero attached hydrogens (tertiary/aromatic N) is 4. The third-order valence-electron chi connectivity index (χ3n) is 4.34. The zero-order valence-corrected chi connectivity index (χ0v) is 13.4. The third kappa shape index (κ3) is 2.65. The van der Waals surface area contributed by atoms with Crippen molar-refractivity contribution in [3.8, 4) is 5.75 Å². The number of para-hydroxylation sites is 1. The van der Waals surface area contributed by atoms with Gasteiger partial charge in [0, 0.05) is 12.5 Å². The minimum atomic E-state index is -1.19. The van der Waals surface area contributed by atoms with E-state index in [9.17, 15) is 10.1 Å². The lowest BCUT2D eigenvalue weighted by molar-refractivity contribution is -0.392. The largest absolute Gasteiger partial charge is 0.456 e. The maximum Gasteiger partial charge on any atom is 0.342 e. The molecule has 126 valence electrons. The van der Waals surface area contributed by atoms with E-state index in [0.29, 0.717) is 18.1 Å². The molecule has 0 radical (unpaired) electrons. The lowest BCUT2D eigenvalue weighted by Crippen LogP contribution is -2.42. The van der Waals surface area contributed by atoms with E-state index in [0.717, 1.165) is 13.0 Å². The third-order valence-corrected chi connectivity index (χ3v) is 4.34. The van der Waals surface area contributed by atoms with Crippen LogP contribution in [-0.4, -0.2) is 34.3 Å². The van der Waals surface area contributed by atoms with Crippen LogP contribution in [0.1, 0.15) is 12.2 Å². The van der Waals surface area contributed by atoms with Gasteiger partial charge in [-0.15, -0.1) is 0 Å². The first-order valence-electron chi connectivity index (χ1n) is 7.67. The molecule has 8 nitrogen and oxygen atoms in total. The van der Waals surface area contributed by atoms with Crippen molar-refractivity contribution in [2.24, 2.45) is 18.0 Å². The lowest BCUT2D eigenvalue weighted by atomic mass is 9.93. The fourth-order valence-corrected chi connectivity index (χ4v) is 3.10. The maximum absolute atomic E-state index is 11.2. The molecule has 0 saturated carbocycles. The van der Waals surface area contributed by atoms with Crippen LogP contribution < -0.4 is 10.1 Å². The van der Waals surface area contributed by atoms with Crippen LogP contribution in [0.5, 0.6) is 5.75 Å². The number of aromatic nitrogens is 2.